The van der Waals surface area contributed by atoms with Crippen LogP contribution < -0.4 is 4.90 Å². The van der Waals surface area contributed by atoms with Crippen LogP contribution in [0.25, 0.3) is 75.0 Å². The van der Waals surface area contributed by atoms with Crippen LogP contribution in [0.4, 0.5) is 17.1 Å². The molecular weight excluding hydrogens is 613 g/mol. The zero-order valence-electron chi connectivity index (χ0n) is 26.6. The van der Waals surface area contributed by atoms with Crippen LogP contribution in [0.3, 0.4) is 0 Å². The number of rotatable bonds is 5. The Labute approximate surface area is 288 Å². The van der Waals surface area contributed by atoms with Gasteiger partial charge in [0.1, 0.15) is 0 Å². The van der Waals surface area contributed by atoms with E-state index < -0.39 is 0 Å². The predicted octanol–water partition coefficient (Wildman–Crippen LogP) is 13.6. The molecule has 0 amide bonds. The van der Waals surface area contributed by atoms with Gasteiger partial charge in [0.2, 0.25) is 0 Å². The summed E-state index contributed by atoms with van der Waals surface area (Å²) in [6.07, 6.45) is 0. The predicted molar refractivity (Wildman–Crippen MR) is 212 cm³/mol. The molecule has 0 radical (unpaired) electrons. The normalized spacial score (nSPS) is 11.7. The lowest BCUT2D eigenvalue weighted by Crippen LogP contribution is -2.10. The van der Waals surface area contributed by atoms with Gasteiger partial charge in [0.05, 0.1) is 5.52 Å². The Morgan fingerprint density at radius 1 is 0.388 bits per heavy atom. The topological polar surface area (TPSA) is 19.0 Å². The van der Waals surface area contributed by atoms with Crippen molar-refractivity contribution >= 4 is 81.1 Å². The Kier molecular flexibility index (Phi) is 6.39. The van der Waals surface area contributed by atoms with Crippen LogP contribution in [-0.4, -0.2) is 4.98 Å². The van der Waals surface area contributed by atoms with Gasteiger partial charge in [-0.15, -0.1) is 11.3 Å². The van der Waals surface area contributed by atoms with Crippen LogP contribution >= 0.6 is 11.3 Å². The summed E-state index contributed by atoms with van der Waals surface area (Å²) in [7, 11) is 0. The number of thiophene rings is 1. The fraction of sp³-hybridized carbons (Fsp3) is 0. The molecule has 1 N–H and O–H groups in total. The molecule has 10 aromatic rings. The summed E-state index contributed by atoms with van der Waals surface area (Å²) in [5, 5.41) is 7.50. The van der Waals surface area contributed by atoms with Crippen molar-refractivity contribution < 1.29 is 0 Å². The molecule has 10 rings (SSSR count). The van der Waals surface area contributed by atoms with Gasteiger partial charge < -0.3 is 9.88 Å². The number of nitrogens with zero attached hydrogens (tertiary/aromatic N) is 1. The van der Waals surface area contributed by atoms with Gasteiger partial charge in [0.25, 0.3) is 0 Å². The van der Waals surface area contributed by atoms with Crippen LogP contribution in [0.2, 0.25) is 0 Å². The third kappa shape index (κ3) is 4.70. The minimum atomic E-state index is 1.11. The van der Waals surface area contributed by atoms with Crippen LogP contribution in [0.5, 0.6) is 0 Å². The SMILES string of the molecule is c1ccc(-c2ccc(N(c3ccc4ccccc4c3)c3cc(-c4ccc5sc6ccccc6c5c4)c4[nH]c5ccccc5c4c3)cc2)cc1. The Balaban J connectivity index is 1.23. The van der Waals surface area contributed by atoms with Crippen LogP contribution in [0.1, 0.15) is 0 Å². The molecule has 3 heteroatoms. The third-order valence-corrected chi connectivity index (χ3v) is 10.9. The van der Waals surface area contributed by atoms with Crippen molar-refractivity contribution in [3.63, 3.8) is 0 Å². The molecule has 0 aliphatic heterocycles. The first-order chi connectivity index (χ1) is 24.3. The van der Waals surface area contributed by atoms with Crippen molar-refractivity contribution in [3.8, 4) is 22.3 Å². The first kappa shape index (κ1) is 27.9. The van der Waals surface area contributed by atoms with Crippen molar-refractivity contribution in [2.75, 3.05) is 4.90 Å². The minimum Gasteiger partial charge on any atom is -0.354 e. The smallest absolute Gasteiger partial charge is 0.0546 e. The van der Waals surface area contributed by atoms with Gasteiger partial charge in [-0.25, -0.2) is 0 Å². The maximum absolute atomic E-state index is 3.80. The van der Waals surface area contributed by atoms with Crippen molar-refractivity contribution in [3.05, 3.63) is 176 Å². The number of hydrogen-bond donors (Lipinski definition) is 1. The minimum absolute atomic E-state index is 1.11. The first-order valence-corrected chi connectivity index (χ1v) is 17.5. The number of hydrogen-bond acceptors (Lipinski definition) is 2. The Hall–Kier alpha value is -6.16. The fourth-order valence-electron chi connectivity index (χ4n) is 7.38. The number of aromatic amines is 1. The lowest BCUT2D eigenvalue weighted by atomic mass is 9.98. The van der Waals surface area contributed by atoms with Gasteiger partial charge >= 0.3 is 0 Å². The van der Waals surface area contributed by atoms with E-state index >= 15 is 0 Å². The molecule has 2 nitrogen and oxygen atoms in total. The van der Waals surface area contributed by atoms with Crippen molar-refractivity contribution in [1.82, 2.24) is 4.98 Å². The molecule has 0 unspecified atom stereocenters. The number of H-pyrrole nitrogens is 1. The molecule has 49 heavy (non-hydrogen) atoms. The van der Waals surface area contributed by atoms with Crippen LogP contribution in [0.15, 0.2) is 176 Å². The molecule has 0 aliphatic rings. The van der Waals surface area contributed by atoms with Gasteiger partial charge in [0.15, 0.2) is 0 Å². The van der Waals surface area contributed by atoms with E-state index in [0.29, 0.717) is 0 Å². The summed E-state index contributed by atoms with van der Waals surface area (Å²) in [6.45, 7) is 0. The highest BCUT2D eigenvalue weighted by Crippen LogP contribution is 2.44. The lowest BCUT2D eigenvalue weighted by molar-refractivity contribution is 1.29. The Morgan fingerprint density at radius 2 is 1.06 bits per heavy atom. The molecule has 0 aliphatic carbocycles. The van der Waals surface area contributed by atoms with Gasteiger partial charge in [0, 0.05) is 59.1 Å². The zero-order chi connectivity index (χ0) is 32.3. The second-order valence-electron chi connectivity index (χ2n) is 12.7. The van der Waals surface area contributed by atoms with E-state index in [0.717, 1.165) is 28.1 Å². The molecule has 0 bridgehead atoms. The fourth-order valence-corrected chi connectivity index (χ4v) is 8.47. The highest BCUT2D eigenvalue weighted by molar-refractivity contribution is 7.25. The standard InChI is InChI=1S/C46H30N2S/c1-2-10-30(11-3-1)32-18-22-35(23-19-32)48(36-24-20-31-12-4-5-13-33(31)26-36)37-28-40(46-42(29-37)38-14-6-8-16-43(38)47-46)34-21-25-45-41(27-34)39-15-7-9-17-44(39)49-45/h1-29,47H. The summed E-state index contributed by atoms with van der Waals surface area (Å²) in [4.78, 5) is 6.21. The summed E-state index contributed by atoms with van der Waals surface area (Å²) in [5.74, 6) is 0. The summed E-state index contributed by atoms with van der Waals surface area (Å²) in [6, 6.07) is 64.0. The van der Waals surface area contributed by atoms with Gasteiger partial charge in [-0.2, -0.15) is 0 Å². The van der Waals surface area contributed by atoms with Gasteiger partial charge in [-0.1, -0.05) is 115 Å². The van der Waals surface area contributed by atoms with Crippen LogP contribution in [0, 0.1) is 0 Å². The molecule has 0 atom stereocenters. The highest BCUT2D eigenvalue weighted by atomic mass is 32.1. The van der Waals surface area contributed by atoms with Crippen molar-refractivity contribution in [1.29, 1.82) is 0 Å². The monoisotopic (exact) mass is 642 g/mol. The number of benzene rings is 8. The molecule has 0 spiro atoms. The van der Waals surface area contributed by atoms with E-state index in [-0.39, 0.29) is 0 Å². The quantitative estimate of drug-likeness (QED) is 0.198. The van der Waals surface area contributed by atoms with Crippen LogP contribution in [-0.2, 0) is 0 Å². The molecular formula is C46H30N2S. The Bertz CT molecular complexity index is 2830. The molecule has 0 fully saturated rings. The summed E-state index contributed by atoms with van der Waals surface area (Å²) >= 11 is 1.86. The molecule has 2 aromatic heterocycles. The largest absolute Gasteiger partial charge is 0.354 e. The number of fused-ring (bicyclic) bond motifs is 7. The third-order valence-electron chi connectivity index (χ3n) is 9.77. The van der Waals surface area contributed by atoms with Gasteiger partial charge in [-0.05, 0) is 88.1 Å². The molecule has 230 valence electrons. The number of anilines is 3. The summed E-state index contributed by atoms with van der Waals surface area (Å²) in [5.41, 5.74) is 10.4. The maximum atomic E-state index is 3.80. The number of aromatic nitrogens is 1. The maximum Gasteiger partial charge on any atom is 0.0546 e. The first-order valence-electron chi connectivity index (χ1n) is 16.7. The highest BCUT2D eigenvalue weighted by Gasteiger charge is 2.19. The van der Waals surface area contributed by atoms with Crippen molar-refractivity contribution in [2.45, 2.75) is 0 Å². The van der Waals surface area contributed by atoms with E-state index in [1.807, 2.05) is 11.3 Å². The zero-order valence-corrected chi connectivity index (χ0v) is 27.4. The van der Waals surface area contributed by atoms with E-state index in [4.69, 9.17) is 0 Å². The van der Waals surface area contributed by atoms with E-state index in [2.05, 4.69) is 186 Å². The van der Waals surface area contributed by atoms with Gasteiger partial charge in [-0.3, -0.25) is 0 Å². The number of para-hydroxylation sites is 1. The molecule has 2 heterocycles. The Morgan fingerprint density at radius 3 is 1.94 bits per heavy atom. The molecule has 0 saturated heterocycles. The lowest BCUT2D eigenvalue weighted by Gasteiger charge is -2.27. The van der Waals surface area contributed by atoms with E-state index in [1.165, 1.54) is 64.0 Å². The average Bonchev–Trinajstić information content (AvgIpc) is 3.73. The number of nitrogens with one attached hydrogen (secondary N) is 1. The van der Waals surface area contributed by atoms with Crippen molar-refractivity contribution in [2.24, 2.45) is 0 Å². The van der Waals surface area contributed by atoms with E-state index in [1.54, 1.807) is 0 Å². The molecule has 0 saturated carbocycles. The molecule has 8 aromatic carbocycles. The van der Waals surface area contributed by atoms with E-state index in [9.17, 15) is 0 Å². The summed E-state index contributed by atoms with van der Waals surface area (Å²) < 4.78 is 2.63. The second kappa shape index (κ2) is 11.2. The second-order valence-corrected chi connectivity index (χ2v) is 13.8. The average molecular weight is 643 g/mol.